The van der Waals surface area contributed by atoms with Gasteiger partial charge in [-0.25, -0.2) is 0 Å². The van der Waals surface area contributed by atoms with Crippen molar-refractivity contribution in [3.05, 3.63) is 9.47 Å². The number of nitrogens with zero attached hydrogens (tertiary/aromatic N) is 3. The second kappa shape index (κ2) is 5.11. The molecule has 0 bridgehead atoms. The molecule has 98 valence electrons. The Hall–Kier alpha value is -0.720. The Morgan fingerprint density at radius 3 is 3.00 bits per heavy atom. The molecular formula is C11H14ClN3O2S. The van der Waals surface area contributed by atoms with Gasteiger partial charge in [0, 0.05) is 6.54 Å². The highest BCUT2D eigenvalue weighted by Gasteiger charge is 2.37. The van der Waals surface area contributed by atoms with E-state index in [0.717, 1.165) is 30.6 Å². The molecule has 2 atom stereocenters. The molecule has 1 saturated carbocycles. The number of morpholine rings is 1. The van der Waals surface area contributed by atoms with Crippen LogP contribution in [0.1, 0.15) is 35.5 Å². The topological polar surface area (TPSA) is 55.3 Å². The first-order chi connectivity index (χ1) is 8.75. The molecule has 1 aliphatic carbocycles. The normalized spacial score (nSPS) is 27.9. The van der Waals surface area contributed by atoms with E-state index in [9.17, 15) is 4.79 Å². The van der Waals surface area contributed by atoms with Crippen molar-refractivity contribution in [1.29, 1.82) is 0 Å². The van der Waals surface area contributed by atoms with Crippen LogP contribution in [0.4, 0.5) is 0 Å². The predicted molar refractivity (Wildman–Crippen MR) is 68.0 cm³/mol. The lowest BCUT2D eigenvalue weighted by Gasteiger charge is -2.43. The zero-order chi connectivity index (χ0) is 12.5. The highest BCUT2D eigenvalue weighted by atomic mass is 35.5. The minimum Gasteiger partial charge on any atom is -0.374 e. The van der Waals surface area contributed by atoms with Gasteiger partial charge in [0.1, 0.15) is 0 Å². The monoisotopic (exact) mass is 287 g/mol. The SMILES string of the molecule is O=C(c1nnc(Cl)s1)N1CCOC2CCCCC21. The van der Waals surface area contributed by atoms with Crippen LogP contribution in [-0.4, -0.2) is 46.3 Å². The van der Waals surface area contributed by atoms with Crippen LogP contribution in [0.2, 0.25) is 4.47 Å². The molecule has 2 fully saturated rings. The van der Waals surface area contributed by atoms with E-state index in [4.69, 9.17) is 16.3 Å². The number of amides is 1. The van der Waals surface area contributed by atoms with E-state index in [-0.39, 0.29) is 18.1 Å². The molecule has 0 spiro atoms. The van der Waals surface area contributed by atoms with Gasteiger partial charge >= 0.3 is 0 Å². The molecule has 0 radical (unpaired) electrons. The van der Waals surface area contributed by atoms with Gasteiger partial charge in [-0.1, -0.05) is 24.2 Å². The third-order valence-corrected chi connectivity index (χ3v) is 4.58. The second-order valence-electron chi connectivity index (χ2n) is 4.62. The molecular weight excluding hydrogens is 274 g/mol. The number of ether oxygens (including phenoxy) is 1. The van der Waals surface area contributed by atoms with Crippen molar-refractivity contribution in [1.82, 2.24) is 15.1 Å². The summed E-state index contributed by atoms with van der Waals surface area (Å²) in [6, 6.07) is 0.197. The lowest BCUT2D eigenvalue weighted by atomic mass is 9.90. The fourth-order valence-corrected chi connectivity index (χ4v) is 3.55. The number of carbonyl (C=O) groups excluding carboxylic acids is 1. The molecule has 18 heavy (non-hydrogen) atoms. The van der Waals surface area contributed by atoms with Gasteiger partial charge in [0.2, 0.25) is 9.47 Å². The van der Waals surface area contributed by atoms with E-state index in [1.54, 1.807) is 0 Å². The summed E-state index contributed by atoms with van der Waals surface area (Å²) in [6.07, 6.45) is 4.60. The summed E-state index contributed by atoms with van der Waals surface area (Å²) in [5.41, 5.74) is 0. The quantitative estimate of drug-likeness (QED) is 0.792. The summed E-state index contributed by atoms with van der Waals surface area (Å²) < 4.78 is 6.06. The molecule has 1 aromatic heterocycles. The maximum absolute atomic E-state index is 12.4. The van der Waals surface area contributed by atoms with Gasteiger partial charge in [-0.3, -0.25) is 4.79 Å². The first-order valence-corrected chi connectivity index (χ1v) is 7.37. The van der Waals surface area contributed by atoms with Gasteiger partial charge < -0.3 is 9.64 Å². The van der Waals surface area contributed by atoms with Crippen LogP contribution >= 0.6 is 22.9 Å². The van der Waals surface area contributed by atoms with Crippen LogP contribution in [0.3, 0.4) is 0 Å². The first-order valence-electron chi connectivity index (χ1n) is 6.17. The molecule has 1 saturated heterocycles. The molecule has 1 aromatic rings. The Morgan fingerprint density at radius 2 is 2.22 bits per heavy atom. The summed E-state index contributed by atoms with van der Waals surface area (Å²) in [5.74, 6) is -0.0559. The van der Waals surface area contributed by atoms with E-state index in [1.807, 2.05) is 4.90 Å². The van der Waals surface area contributed by atoms with Crippen LogP contribution in [0.15, 0.2) is 0 Å². The van der Waals surface area contributed by atoms with Crippen molar-refractivity contribution >= 4 is 28.8 Å². The Labute approximate surface area is 114 Å². The zero-order valence-corrected chi connectivity index (χ0v) is 11.4. The van der Waals surface area contributed by atoms with Crippen molar-refractivity contribution in [2.24, 2.45) is 0 Å². The van der Waals surface area contributed by atoms with E-state index >= 15 is 0 Å². The maximum Gasteiger partial charge on any atom is 0.285 e. The van der Waals surface area contributed by atoms with Gasteiger partial charge in [-0.15, -0.1) is 10.2 Å². The fourth-order valence-electron chi connectivity index (χ4n) is 2.76. The van der Waals surface area contributed by atoms with Gasteiger partial charge in [0.05, 0.1) is 18.8 Å². The molecule has 7 heteroatoms. The number of halogens is 1. The molecule has 2 unspecified atom stereocenters. The van der Waals surface area contributed by atoms with Crippen molar-refractivity contribution in [3.63, 3.8) is 0 Å². The van der Waals surface area contributed by atoms with Crippen molar-refractivity contribution in [3.8, 4) is 0 Å². The van der Waals surface area contributed by atoms with Gasteiger partial charge in [0.25, 0.3) is 5.91 Å². The molecule has 1 aliphatic heterocycles. The number of rotatable bonds is 1. The Morgan fingerprint density at radius 1 is 1.39 bits per heavy atom. The lowest BCUT2D eigenvalue weighted by Crippen LogP contribution is -2.54. The van der Waals surface area contributed by atoms with Gasteiger partial charge in [0.15, 0.2) is 0 Å². The maximum atomic E-state index is 12.4. The first kappa shape index (κ1) is 12.3. The zero-order valence-electron chi connectivity index (χ0n) is 9.84. The molecule has 0 N–H and O–H groups in total. The molecule has 1 amide bonds. The minimum absolute atomic E-state index is 0.0559. The van der Waals surface area contributed by atoms with Crippen LogP contribution < -0.4 is 0 Å². The summed E-state index contributed by atoms with van der Waals surface area (Å²) in [6.45, 7) is 1.25. The number of fused-ring (bicyclic) bond motifs is 1. The fraction of sp³-hybridized carbons (Fsp3) is 0.727. The largest absolute Gasteiger partial charge is 0.374 e. The van der Waals surface area contributed by atoms with Crippen LogP contribution in [0.5, 0.6) is 0 Å². The van der Waals surface area contributed by atoms with Crippen molar-refractivity contribution in [2.75, 3.05) is 13.2 Å². The predicted octanol–water partition coefficient (Wildman–Crippen LogP) is 1.98. The van der Waals surface area contributed by atoms with E-state index in [0.29, 0.717) is 22.6 Å². The molecule has 5 nitrogen and oxygen atoms in total. The van der Waals surface area contributed by atoms with Crippen LogP contribution in [0, 0.1) is 0 Å². The van der Waals surface area contributed by atoms with Crippen molar-refractivity contribution < 1.29 is 9.53 Å². The molecule has 2 heterocycles. The summed E-state index contributed by atoms with van der Waals surface area (Å²) in [4.78, 5) is 14.3. The number of hydrogen-bond donors (Lipinski definition) is 0. The van der Waals surface area contributed by atoms with E-state index in [2.05, 4.69) is 10.2 Å². The summed E-state index contributed by atoms with van der Waals surface area (Å²) in [5, 5.41) is 7.91. The van der Waals surface area contributed by atoms with Gasteiger partial charge in [-0.05, 0) is 24.4 Å². The Kier molecular flexibility index (Phi) is 3.50. The average Bonchev–Trinajstić information content (AvgIpc) is 2.84. The standard InChI is InChI=1S/C11H14ClN3O2S/c12-11-14-13-9(18-11)10(16)15-5-6-17-8-4-2-1-3-7(8)15/h7-8H,1-6H2. The molecule has 2 aliphatic rings. The third kappa shape index (κ3) is 2.24. The molecule has 0 aromatic carbocycles. The lowest BCUT2D eigenvalue weighted by molar-refractivity contribution is -0.0753. The summed E-state index contributed by atoms with van der Waals surface area (Å²) >= 11 is 6.87. The van der Waals surface area contributed by atoms with Crippen LogP contribution in [-0.2, 0) is 4.74 Å². The molecule has 3 rings (SSSR count). The van der Waals surface area contributed by atoms with E-state index in [1.165, 1.54) is 6.42 Å². The van der Waals surface area contributed by atoms with Gasteiger partial charge in [-0.2, -0.15) is 0 Å². The highest BCUT2D eigenvalue weighted by Crippen LogP contribution is 2.30. The highest BCUT2D eigenvalue weighted by molar-refractivity contribution is 7.17. The Bertz CT molecular complexity index is 451. The van der Waals surface area contributed by atoms with E-state index < -0.39 is 0 Å². The number of carbonyl (C=O) groups is 1. The number of hydrogen-bond acceptors (Lipinski definition) is 5. The Balaban J connectivity index is 1.79. The smallest absolute Gasteiger partial charge is 0.285 e. The average molecular weight is 288 g/mol. The minimum atomic E-state index is -0.0559. The number of aromatic nitrogens is 2. The second-order valence-corrected chi connectivity index (χ2v) is 6.18. The third-order valence-electron chi connectivity index (χ3n) is 3.58. The van der Waals surface area contributed by atoms with Crippen LogP contribution in [0.25, 0.3) is 0 Å². The summed E-state index contributed by atoms with van der Waals surface area (Å²) in [7, 11) is 0. The van der Waals surface area contributed by atoms with Crippen molar-refractivity contribution in [2.45, 2.75) is 37.8 Å².